The minimum absolute atomic E-state index is 0.192. The van der Waals surface area contributed by atoms with E-state index in [9.17, 15) is 0 Å². The van der Waals surface area contributed by atoms with Crippen LogP contribution < -0.4 is 5.30 Å². The van der Waals surface area contributed by atoms with E-state index in [4.69, 9.17) is 0 Å². The largest absolute Gasteiger partial charge is 0.118 e. The molecular formula is C14H20P2. The fourth-order valence-electron chi connectivity index (χ4n) is 3.19. The zero-order valence-electron chi connectivity index (χ0n) is 9.73. The Balaban J connectivity index is 1.78. The second-order valence-corrected chi connectivity index (χ2v) is 9.16. The summed E-state index contributed by atoms with van der Waals surface area (Å²) in [6, 6.07) is 11.4. The molecule has 0 radical (unpaired) electrons. The van der Waals surface area contributed by atoms with Gasteiger partial charge in [-0.2, -0.15) is 0 Å². The highest BCUT2D eigenvalue weighted by atomic mass is 31.1. The number of hydrogen-bond donors (Lipinski definition) is 0. The molecule has 16 heavy (non-hydrogen) atoms. The topological polar surface area (TPSA) is 0 Å². The Morgan fingerprint density at radius 2 is 1.94 bits per heavy atom. The average molecular weight is 250 g/mol. The summed E-state index contributed by atoms with van der Waals surface area (Å²) in [5, 5.41) is 1.68. The molecule has 1 aromatic carbocycles. The second kappa shape index (κ2) is 5.16. The van der Waals surface area contributed by atoms with E-state index in [-0.39, 0.29) is 7.92 Å². The molecule has 0 nitrogen and oxygen atoms in total. The van der Waals surface area contributed by atoms with E-state index in [2.05, 4.69) is 30.3 Å². The van der Waals surface area contributed by atoms with Crippen LogP contribution in [0.2, 0.25) is 0 Å². The summed E-state index contributed by atoms with van der Waals surface area (Å²) in [5.74, 6) is 0. The molecule has 2 heterocycles. The molecule has 0 N–H and O–H groups in total. The molecule has 0 bridgehead atoms. The summed E-state index contributed by atoms with van der Waals surface area (Å²) in [6.45, 7) is 0. The summed E-state index contributed by atoms with van der Waals surface area (Å²) in [5.41, 5.74) is 2.19. The van der Waals surface area contributed by atoms with Crippen LogP contribution in [0.5, 0.6) is 0 Å². The maximum absolute atomic E-state index is 2.38. The zero-order valence-corrected chi connectivity index (χ0v) is 11.6. The van der Waals surface area contributed by atoms with Crippen molar-refractivity contribution in [3.63, 3.8) is 0 Å². The Morgan fingerprint density at radius 3 is 2.69 bits per heavy atom. The van der Waals surface area contributed by atoms with Crippen LogP contribution in [-0.4, -0.2) is 23.6 Å². The van der Waals surface area contributed by atoms with Crippen LogP contribution >= 0.6 is 16.5 Å². The van der Waals surface area contributed by atoms with Crippen molar-refractivity contribution in [3.05, 3.63) is 30.3 Å². The fraction of sp³-hybridized carbons (Fsp3) is 0.571. The van der Waals surface area contributed by atoms with Gasteiger partial charge in [-0.3, -0.25) is 0 Å². The van der Waals surface area contributed by atoms with Crippen LogP contribution in [0.15, 0.2) is 30.3 Å². The van der Waals surface area contributed by atoms with Crippen molar-refractivity contribution in [2.45, 2.75) is 37.0 Å². The van der Waals surface area contributed by atoms with Crippen molar-refractivity contribution in [2.24, 2.45) is 0 Å². The SMILES string of the molecule is c1ccc([P@@]2CCC[C@@H]2[C@H]2CCCP2)cc1. The highest BCUT2D eigenvalue weighted by Gasteiger charge is 2.35. The smallest absolute Gasteiger partial charge is 0.0104 e. The van der Waals surface area contributed by atoms with Crippen molar-refractivity contribution in [2.75, 3.05) is 12.3 Å². The third kappa shape index (κ3) is 2.20. The molecule has 0 spiro atoms. The molecule has 0 aliphatic carbocycles. The minimum atomic E-state index is 0.192. The van der Waals surface area contributed by atoms with Gasteiger partial charge in [0.05, 0.1) is 0 Å². The van der Waals surface area contributed by atoms with E-state index in [1.165, 1.54) is 46.6 Å². The maximum atomic E-state index is 2.38. The Morgan fingerprint density at radius 1 is 1.06 bits per heavy atom. The average Bonchev–Trinajstić information content (AvgIpc) is 3.01. The van der Waals surface area contributed by atoms with Crippen molar-refractivity contribution < 1.29 is 0 Å². The molecule has 2 aliphatic rings. The molecular weight excluding hydrogens is 230 g/mol. The molecule has 2 fully saturated rings. The highest BCUT2D eigenvalue weighted by Crippen LogP contribution is 2.56. The first-order valence-corrected chi connectivity index (χ1v) is 9.38. The molecule has 2 saturated heterocycles. The monoisotopic (exact) mass is 250 g/mol. The Hall–Kier alpha value is 0.0800. The fourth-order valence-corrected chi connectivity index (χ4v) is 8.80. The molecule has 1 aromatic rings. The van der Waals surface area contributed by atoms with Crippen LogP contribution in [-0.2, 0) is 0 Å². The second-order valence-electron chi connectivity index (χ2n) is 4.94. The Bertz CT molecular complexity index is 330. The van der Waals surface area contributed by atoms with E-state index < -0.39 is 0 Å². The normalized spacial score (nSPS) is 35.9. The van der Waals surface area contributed by atoms with Gasteiger partial charge in [-0.05, 0) is 54.6 Å². The Kier molecular flexibility index (Phi) is 3.60. The van der Waals surface area contributed by atoms with E-state index in [1.807, 2.05) is 0 Å². The number of rotatable bonds is 2. The third-order valence-corrected chi connectivity index (χ3v) is 9.27. The lowest BCUT2D eigenvalue weighted by atomic mass is 10.1. The van der Waals surface area contributed by atoms with Gasteiger partial charge in [0.25, 0.3) is 0 Å². The van der Waals surface area contributed by atoms with Crippen molar-refractivity contribution in [3.8, 4) is 0 Å². The summed E-state index contributed by atoms with van der Waals surface area (Å²) >= 11 is 0. The van der Waals surface area contributed by atoms with Gasteiger partial charge in [-0.25, -0.2) is 0 Å². The molecule has 0 amide bonds. The lowest BCUT2D eigenvalue weighted by molar-refractivity contribution is 0.698. The Labute approximate surface area is 102 Å². The van der Waals surface area contributed by atoms with Gasteiger partial charge in [0.1, 0.15) is 0 Å². The van der Waals surface area contributed by atoms with Crippen LogP contribution in [0.1, 0.15) is 25.7 Å². The van der Waals surface area contributed by atoms with Gasteiger partial charge in [-0.1, -0.05) is 38.3 Å². The molecule has 2 heteroatoms. The standard InChI is InChI=1S/C14H20P2/c1-2-6-12(7-3-1)16-11-5-9-14(16)13-8-4-10-15-13/h1-3,6-7,13-15H,4-5,8-11H2/t13-,14-,16-/m1/s1. The predicted molar refractivity (Wildman–Crippen MR) is 77.1 cm³/mol. The van der Waals surface area contributed by atoms with Crippen molar-refractivity contribution >= 4 is 21.8 Å². The molecule has 0 saturated carbocycles. The van der Waals surface area contributed by atoms with E-state index in [0.29, 0.717) is 0 Å². The van der Waals surface area contributed by atoms with Gasteiger partial charge in [0, 0.05) is 0 Å². The summed E-state index contributed by atoms with van der Waals surface area (Å²) < 4.78 is 0. The first-order valence-electron chi connectivity index (χ1n) is 6.50. The summed E-state index contributed by atoms with van der Waals surface area (Å²) in [6.07, 6.45) is 9.10. The molecule has 4 atom stereocenters. The molecule has 0 aromatic heterocycles. The van der Waals surface area contributed by atoms with Crippen molar-refractivity contribution in [1.82, 2.24) is 0 Å². The summed E-state index contributed by atoms with van der Waals surface area (Å²) in [7, 11) is 1.47. The first kappa shape index (κ1) is 11.2. The quantitative estimate of drug-likeness (QED) is 0.700. The molecule has 86 valence electrons. The first-order chi connectivity index (χ1) is 7.95. The van der Waals surface area contributed by atoms with Crippen LogP contribution in [0, 0.1) is 0 Å². The highest BCUT2D eigenvalue weighted by molar-refractivity contribution is 7.67. The van der Waals surface area contributed by atoms with Crippen LogP contribution in [0.3, 0.4) is 0 Å². The van der Waals surface area contributed by atoms with Gasteiger partial charge < -0.3 is 0 Å². The molecule has 3 rings (SSSR count). The number of hydrogen-bond acceptors (Lipinski definition) is 0. The predicted octanol–water partition coefficient (Wildman–Crippen LogP) is 3.80. The molecule has 2 aliphatic heterocycles. The van der Waals surface area contributed by atoms with E-state index in [0.717, 1.165) is 11.3 Å². The molecule has 1 unspecified atom stereocenters. The van der Waals surface area contributed by atoms with Crippen LogP contribution in [0.4, 0.5) is 0 Å². The van der Waals surface area contributed by atoms with Gasteiger partial charge in [0.15, 0.2) is 0 Å². The lowest BCUT2D eigenvalue weighted by Crippen LogP contribution is -2.19. The van der Waals surface area contributed by atoms with Gasteiger partial charge >= 0.3 is 0 Å². The minimum Gasteiger partial charge on any atom is -0.118 e. The third-order valence-electron chi connectivity index (χ3n) is 3.95. The van der Waals surface area contributed by atoms with E-state index >= 15 is 0 Å². The van der Waals surface area contributed by atoms with Gasteiger partial charge in [0.2, 0.25) is 0 Å². The number of benzene rings is 1. The van der Waals surface area contributed by atoms with E-state index in [1.54, 1.807) is 5.30 Å². The summed E-state index contributed by atoms with van der Waals surface area (Å²) in [4.78, 5) is 0. The maximum Gasteiger partial charge on any atom is -0.0104 e. The lowest BCUT2D eigenvalue weighted by Gasteiger charge is -2.26. The zero-order chi connectivity index (χ0) is 10.8. The van der Waals surface area contributed by atoms with Crippen LogP contribution in [0.25, 0.3) is 0 Å². The van der Waals surface area contributed by atoms with Crippen molar-refractivity contribution in [1.29, 1.82) is 0 Å². The van der Waals surface area contributed by atoms with Gasteiger partial charge in [-0.15, -0.1) is 8.58 Å².